The zero-order valence-electron chi connectivity index (χ0n) is 18.9. The largest absolute Gasteiger partial charge is 0.467 e. The minimum Gasteiger partial charge on any atom is -0.467 e. The smallest absolute Gasteiger partial charge is 0.328 e. The summed E-state index contributed by atoms with van der Waals surface area (Å²) in [7, 11) is 0. The van der Waals surface area contributed by atoms with E-state index in [1.165, 1.54) is 6.33 Å². The summed E-state index contributed by atoms with van der Waals surface area (Å²) in [5, 5.41) is 4.42. The average Bonchev–Trinajstić information content (AvgIpc) is 2.89. The number of hydrogen-bond acceptors (Lipinski definition) is 7. The molecule has 0 radical (unpaired) electrons. The third-order valence-corrected chi connectivity index (χ3v) is 6.38. The lowest BCUT2D eigenvalue weighted by molar-refractivity contribution is -0.158. The molecule has 3 aromatic rings. The zero-order chi connectivity index (χ0) is 24.3. The maximum Gasteiger partial charge on any atom is 0.328 e. The molecule has 178 valence electrons. The first-order valence-electron chi connectivity index (χ1n) is 11.5. The number of amides is 4. The molecule has 35 heavy (non-hydrogen) atoms. The Balaban J connectivity index is 1.32. The summed E-state index contributed by atoms with van der Waals surface area (Å²) in [6.45, 7) is 0. The Kier molecular flexibility index (Phi) is 6.13. The summed E-state index contributed by atoms with van der Waals surface area (Å²) < 4.78 is 12.0. The number of hydrogen-bond donors (Lipinski definition) is 2. The second-order valence-corrected chi connectivity index (χ2v) is 8.60. The molecule has 1 aromatic heterocycles. The Labute approximate surface area is 201 Å². The number of nitrogens with one attached hydrogen (secondary N) is 2. The highest BCUT2D eigenvalue weighted by Gasteiger charge is 2.58. The maximum atomic E-state index is 12.9. The van der Waals surface area contributed by atoms with Gasteiger partial charge in [0.15, 0.2) is 0 Å². The van der Waals surface area contributed by atoms with Crippen LogP contribution in [0.2, 0.25) is 0 Å². The SMILES string of the molecule is O=C1NC(=O)C(Oc2ccc(Oc3ccc(-c4ccncn4)cc3)cc2)(C2CCCCC2)C(=O)N1. The Morgan fingerprint density at radius 2 is 1.37 bits per heavy atom. The molecule has 2 heterocycles. The van der Waals surface area contributed by atoms with Crippen molar-refractivity contribution in [1.29, 1.82) is 0 Å². The number of urea groups is 1. The van der Waals surface area contributed by atoms with E-state index in [2.05, 4.69) is 20.6 Å². The van der Waals surface area contributed by atoms with Crippen molar-refractivity contribution in [2.45, 2.75) is 37.7 Å². The van der Waals surface area contributed by atoms with E-state index < -0.39 is 23.4 Å². The third-order valence-electron chi connectivity index (χ3n) is 6.38. The number of ether oxygens (including phenoxy) is 2. The van der Waals surface area contributed by atoms with Crippen LogP contribution in [-0.4, -0.2) is 33.4 Å². The summed E-state index contributed by atoms with van der Waals surface area (Å²) >= 11 is 0. The molecule has 5 rings (SSSR count). The van der Waals surface area contributed by atoms with Crippen LogP contribution in [0.15, 0.2) is 67.1 Å². The topological polar surface area (TPSA) is 120 Å². The second kappa shape index (κ2) is 9.54. The van der Waals surface area contributed by atoms with Gasteiger partial charge in [0.25, 0.3) is 17.4 Å². The second-order valence-electron chi connectivity index (χ2n) is 8.60. The number of aromatic nitrogens is 2. The van der Waals surface area contributed by atoms with Gasteiger partial charge in [0.1, 0.15) is 23.6 Å². The van der Waals surface area contributed by atoms with Crippen molar-refractivity contribution in [3.05, 3.63) is 67.1 Å². The highest BCUT2D eigenvalue weighted by Crippen LogP contribution is 2.38. The number of nitrogens with zero attached hydrogens (tertiary/aromatic N) is 2. The lowest BCUT2D eigenvalue weighted by atomic mass is 9.75. The predicted octanol–water partition coefficient (Wildman–Crippen LogP) is 4.00. The van der Waals surface area contributed by atoms with Crippen molar-refractivity contribution in [2.75, 3.05) is 0 Å². The molecule has 9 nitrogen and oxygen atoms in total. The first kappa shape index (κ1) is 22.5. The third kappa shape index (κ3) is 4.57. The van der Waals surface area contributed by atoms with Crippen LogP contribution in [0.4, 0.5) is 4.79 Å². The van der Waals surface area contributed by atoms with Gasteiger partial charge in [0, 0.05) is 17.7 Å². The van der Waals surface area contributed by atoms with Crippen LogP contribution in [0.1, 0.15) is 32.1 Å². The standard InChI is InChI=1S/C26H24N4O5/c31-23-26(18-4-2-1-3-5-18,24(32)30-25(33)29-23)35-21-12-10-20(11-13-21)34-19-8-6-17(7-9-19)22-14-15-27-16-28-22/h6-16,18H,1-5H2,(H2,29,30,31,32,33). The molecular formula is C26H24N4O5. The normalized spacial score (nSPS) is 17.9. The molecule has 4 amide bonds. The summed E-state index contributed by atoms with van der Waals surface area (Å²) in [5.74, 6) is -0.230. The number of benzene rings is 2. The van der Waals surface area contributed by atoms with Gasteiger partial charge in [-0.1, -0.05) is 19.3 Å². The van der Waals surface area contributed by atoms with Crippen molar-refractivity contribution in [1.82, 2.24) is 20.6 Å². The number of carbonyl (C=O) groups excluding carboxylic acids is 3. The predicted molar refractivity (Wildman–Crippen MR) is 126 cm³/mol. The molecule has 2 aliphatic rings. The Bertz CT molecular complexity index is 1200. The lowest BCUT2D eigenvalue weighted by Gasteiger charge is -2.41. The van der Waals surface area contributed by atoms with Gasteiger partial charge in [-0.15, -0.1) is 0 Å². The van der Waals surface area contributed by atoms with Crippen molar-refractivity contribution in [3.8, 4) is 28.5 Å². The fourth-order valence-corrected chi connectivity index (χ4v) is 4.64. The van der Waals surface area contributed by atoms with E-state index in [4.69, 9.17) is 9.47 Å². The summed E-state index contributed by atoms with van der Waals surface area (Å²) in [6, 6.07) is 15.2. The van der Waals surface area contributed by atoms with Crippen molar-refractivity contribution in [2.24, 2.45) is 5.92 Å². The summed E-state index contributed by atoms with van der Waals surface area (Å²) in [6.07, 6.45) is 7.36. The first-order valence-corrected chi connectivity index (χ1v) is 11.5. The Morgan fingerprint density at radius 3 is 1.97 bits per heavy atom. The van der Waals surface area contributed by atoms with E-state index in [9.17, 15) is 14.4 Å². The van der Waals surface area contributed by atoms with Crippen molar-refractivity contribution >= 4 is 17.8 Å². The van der Waals surface area contributed by atoms with Crippen LogP contribution in [-0.2, 0) is 9.59 Å². The summed E-state index contributed by atoms with van der Waals surface area (Å²) in [5.41, 5.74) is -0.0236. The van der Waals surface area contributed by atoms with E-state index in [0.29, 0.717) is 30.1 Å². The van der Waals surface area contributed by atoms with Gasteiger partial charge in [0.2, 0.25) is 0 Å². The first-order chi connectivity index (χ1) is 17.0. The lowest BCUT2D eigenvalue weighted by Crippen LogP contribution is -2.72. The van der Waals surface area contributed by atoms with Crippen LogP contribution >= 0.6 is 0 Å². The van der Waals surface area contributed by atoms with Crippen molar-refractivity contribution in [3.63, 3.8) is 0 Å². The van der Waals surface area contributed by atoms with E-state index >= 15 is 0 Å². The van der Waals surface area contributed by atoms with Gasteiger partial charge in [-0.2, -0.15) is 0 Å². The van der Waals surface area contributed by atoms with E-state index in [-0.39, 0.29) is 5.92 Å². The molecule has 0 unspecified atom stereocenters. The van der Waals surface area contributed by atoms with Crippen LogP contribution in [0.5, 0.6) is 17.2 Å². The fourth-order valence-electron chi connectivity index (χ4n) is 4.64. The number of barbiturate groups is 1. The van der Waals surface area contributed by atoms with Gasteiger partial charge >= 0.3 is 6.03 Å². The highest BCUT2D eigenvalue weighted by molar-refractivity contribution is 6.22. The molecule has 0 spiro atoms. The minimum atomic E-state index is -1.78. The zero-order valence-corrected chi connectivity index (χ0v) is 18.9. The molecule has 2 N–H and O–H groups in total. The van der Waals surface area contributed by atoms with Gasteiger partial charge < -0.3 is 9.47 Å². The van der Waals surface area contributed by atoms with E-state index in [1.807, 2.05) is 30.3 Å². The van der Waals surface area contributed by atoms with Gasteiger partial charge in [-0.25, -0.2) is 14.8 Å². The molecule has 1 aliphatic heterocycles. The van der Waals surface area contributed by atoms with Crippen LogP contribution in [0.3, 0.4) is 0 Å². The molecular weight excluding hydrogens is 448 g/mol. The Hall–Kier alpha value is -4.27. The maximum absolute atomic E-state index is 12.9. The minimum absolute atomic E-state index is 0.325. The number of imide groups is 2. The van der Waals surface area contributed by atoms with Gasteiger partial charge in [-0.05, 0) is 67.4 Å². The van der Waals surface area contributed by atoms with Crippen LogP contribution in [0, 0.1) is 5.92 Å². The molecule has 1 aliphatic carbocycles. The Morgan fingerprint density at radius 1 is 0.771 bits per heavy atom. The van der Waals surface area contributed by atoms with Crippen LogP contribution in [0.25, 0.3) is 11.3 Å². The van der Waals surface area contributed by atoms with E-state index in [1.54, 1.807) is 30.5 Å². The molecule has 9 heteroatoms. The average molecular weight is 473 g/mol. The molecule has 0 bridgehead atoms. The molecule has 2 aromatic carbocycles. The van der Waals surface area contributed by atoms with Gasteiger partial charge in [-0.3, -0.25) is 20.2 Å². The molecule has 1 saturated carbocycles. The molecule has 2 fully saturated rings. The molecule has 1 saturated heterocycles. The molecule has 0 atom stereocenters. The van der Waals surface area contributed by atoms with Crippen molar-refractivity contribution < 1.29 is 23.9 Å². The van der Waals surface area contributed by atoms with Gasteiger partial charge in [0.05, 0.1) is 5.69 Å². The monoisotopic (exact) mass is 472 g/mol. The van der Waals surface area contributed by atoms with Crippen LogP contribution < -0.4 is 20.1 Å². The number of carbonyl (C=O) groups is 3. The van der Waals surface area contributed by atoms with E-state index in [0.717, 1.165) is 30.5 Å². The number of rotatable bonds is 6. The highest BCUT2D eigenvalue weighted by atomic mass is 16.5. The summed E-state index contributed by atoms with van der Waals surface area (Å²) in [4.78, 5) is 45.7. The quantitative estimate of drug-likeness (QED) is 0.521. The fraction of sp³-hybridized carbons (Fsp3) is 0.269.